The number of thioether (sulfide) groups is 1. The van der Waals surface area contributed by atoms with Gasteiger partial charge in [-0.1, -0.05) is 55.4 Å². The molecule has 2 heterocycles. The molecule has 6 nitrogen and oxygen atoms in total. The second kappa shape index (κ2) is 7.09. The lowest BCUT2D eigenvalue weighted by atomic mass is 10.2. The van der Waals surface area contributed by atoms with Gasteiger partial charge < -0.3 is 0 Å². The van der Waals surface area contributed by atoms with Crippen LogP contribution in [0.5, 0.6) is 0 Å². The number of benzene rings is 1. The summed E-state index contributed by atoms with van der Waals surface area (Å²) in [6.45, 7) is 4.54. The van der Waals surface area contributed by atoms with Gasteiger partial charge in [0.1, 0.15) is 10.5 Å². The number of H-pyrrole nitrogens is 1. The van der Waals surface area contributed by atoms with Crippen molar-refractivity contribution in [1.82, 2.24) is 19.3 Å². The zero-order valence-electron chi connectivity index (χ0n) is 14.2. The summed E-state index contributed by atoms with van der Waals surface area (Å²) in [5.41, 5.74) is 0.926. The standard InChI is InChI=1S/C17H19ClN4O2S/c1-4-10(2)25-16-14-13(15(23)19-17(24)21(14)3)22(20-16)9-11-7-5-6-8-12(11)18/h5-8,10H,4,9H2,1-3H3,(H,19,23,24). The van der Waals surface area contributed by atoms with Crippen molar-refractivity contribution in [3.8, 4) is 0 Å². The van der Waals surface area contributed by atoms with E-state index >= 15 is 0 Å². The minimum atomic E-state index is -0.444. The van der Waals surface area contributed by atoms with Gasteiger partial charge in [-0.3, -0.25) is 19.0 Å². The van der Waals surface area contributed by atoms with Crippen molar-refractivity contribution >= 4 is 34.4 Å². The van der Waals surface area contributed by atoms with Crippen LogP contribution in [-0.4, -0.2) is 24.6 Å². The Labute approximate surface area is 153 Å². The van der Waals surface area contributed by atoms with Crippen LogP contribution >= 0.6 is 23.4 Å². The van der Waals surface area contributed by atoms with E-state index in [1.165, 1.54) is 4.57 Å². The molecule has 0 bridgehead atoms. The molecule has 1 N–H and O–H groups in total. The number of rotatable bonds is 5. The molecule has 0 aliphatic carbocycles. The first-order valence-electron chi connectivity index (χ1n) is 8.02. The van der Waals surface area contributed by atoms with E-state index in [0.29, 0.717) is 32.9 Å². The number of hydrogen-bond donors (Lipinski definition) is 1. The Morgan fingerprint density at radius 3 is 2.68 bits per heavy atom. The van der Waals surface area contributed by atoms with E-state index in [0.717, 1.165) is 12.0 Å². The Morgan fingerprint density at radius 1 is 1.28 bits per heavy atom. The highest BCUT2D eigenvalue weighted by molar-refractivity contribution is 8.00. The topological polar surface area (TPSA) is 72.7 Å². The van der Waals surface area contributed by atoms with E-state index in [1.54, 1.807) is 29.6 Å². The molecule has 2 aromatic heterocycles. The Hall–Kier alpha value is -1.99. The number of hydrogen-bond acceptors (Lipinski definition) is 4. The van der Waals surface area contributed by atoms with Crippen molar-refractivity contribution in [2.45, 2.75) is 37.1 Å². The molecule has 0 aliphatic rings. The minimum absolute atomic E-state index is 0.321. The summed E-state index contributed by atoms with van der Waals surface area (Å²) in [5.74, 6) is 0. The maximum absolute atomic E-state index is 12.4. The van der Waals surface area contributed by atoms with Crippen LogP contribution < -0.4 is 11.2 Å². The van der Waals surface area contributed by atoms with Gasteiger partial charge in [-0.05, 0) is 18.1 Å². The fourth-order valence-electron chi connectivity index (χ4n) is 2.55. The molecular formula is C17H19ClN4O2S. The summed E-state index contributed by atoms with van der Waals surface area (Å²) in [5, 5.41) is 6.24. The van der Waals surface area contributed by atoms with Gasteiger partial charge in [-0.15, -0.1) is 0 Å². The number of nitrogens with zero attached hydrogens (tertiary/aromatic N) is 3. The molecule has 132 valence electrons. The molecule has 0 amide bonds. The predicted molar refractivity (Wildman–Crippen MR) is 102 cm³/mol. The lowest BCUT2D eigenvalue weighted by molar-refractivity contribution is 0.684. The Bertz CT molecular complexity index is 1040. The number of fused-ring (bicyclic) bond motifs is 1. The summed E-state index contributed by atoms with van der Waals surface area (Å²) < 4.78 is 3.07. The molecule has 0 saturated carbocycles. The van der Waals surface area contributed by atoms with Crippen molar-refractivity contribution in [3.63, 3.8) is 0 Å². The fraction of sp³-hybridized carbons (Fsp3) is 0.353. The van der Waals surface area contributed by atoms with Crippen molar-refractivity contribution in [2.24, 2.45) is 7.05 Å². The summed E-state index contributed by atoms with van der Waals surface area (Å²) in [6, 6.07) is 7.44. The highest BCUT2D eigenvalue weighted by Crippen LogP contribution is 2.30. The number of aromatic nitrogens is 4. The van der Waals surface area contributed by atoms with Gasteiger partial charge in [0, 0.05) is 17.3 Å². The fourth-order valence-corrected chi connectivity index (χ4v) is 3.79. The van der Waals surface area contributed by atoms with Gasteiger partial charge in [-0.2, -0.15) is 5.10 Å². The average molecular weight is 379 g/mol. The van der Waals surface area contributed by atoms with Crippen LogP contribution in [0.2, 0.25) is 5.02 Å². The smallest absolute Gasteiger partial charge is 0.292 e. The molecular weight excluding hydrogens is 360 g/mol. The molecule has 1 unspecified atom stereocenters. The van der Waals surface area contributed by atoms with E-state index in [2.05, 4.69) is 23.9 Å². The lowest BCUT2D eigenvalue weighted by Gasteiger charge is -2.06. The molecule has 25 heavy (non-hydrogen) atoms. The molecule has 0 aliphatic heterocycles. The number of aromatic amines is 1. The Morgan fingerprint density at radius 2 is 2.00 bits per heavy atom. The highest BCUT2D eigenvalue weighted by Gasteiger charge is 2.20. The largest absolute Gasteiger partial charge is 0.328 e. The third-order valence-corrected chi connectivity index (χ3v) is 5.74. The highest BCUT2D eigenvalue weighted by atomic mass is 35.5. The molecule has 3 aromatic rings. The quantitative estimate of drug-likeness (QED) is 0.692. The predicted octanol–water partition coefficient (Wildman–Crippen LogP) is 3.02. The van der Waals surface area contributed by atoms with E-state index in [1.807, 2.05) is 18.2 Å². The van der Waals surface area contributed by atoms with Crippen LogP contribution in [-0.2, 0) is 13.6 Å². The third kappa shape index (κ3) is 3.39. The first-order chi connectivity index (χ1) is 11.9. The zero-order valence-corrected chi connectivity index (χ0v) is 15.8. The average Bonchev–Trinajstić information content (AvgIpc) is 2.93. The van der Waals surface area contributed by atoms with E-state index in [4.69, 9.17) is 11.6 Å². The minimum Gasteiger partial charge on any atom is -0.292 e. The summed E-state index contributed by atoms with van der Waals surface area (Å²) >= 11 is 7.81. The molecule has 0 radical (unpaired) electrons. The van der Waals surface area contributed by atoms with Crippen molar-refractivity contribution in [3.05, 3.63) is 55.7 Å². The van der Waals surface area contributed by atoms with Crippen LogP contribution in [0.25, 0.3) is 11.0 Å². The molecule has 0 spiro atoms. The van der Waals surface area contributed by atoms with Gasteiger partial charge in [0.2, 0.25) is 0 Å². The van der Waals surface area contributed by atoms with Gasteiger partial charge in [-0.25, -0.2) is 4.79 Å². The van der Waals surface area contributed by atoms with E-state index in [-0.39, 0.29) is 0 Å². The summed E-state index contributed by atoms with van der Waals surface area (Å²) in [6.07, 6.45) is 0.959. The second-order valence-electron chi connectivity index (χ2n) is 5.91. The van der Waals surface area contributed by atoms with Crippen LogP contribution in [0.1, 0.15) is 25.8 Å². The van der Waals surface area contributed by atoms with Gasteiger partial charge in [0.15, 0.2) is 5.52 Å². The summed E-state index contributed by atoms with van der Waals surface area (Å²) in [4.78, 5) is 26.8. The number of nitrogens with one attached hydrogen (secondary N) is 1. The van der Waals surface area contributed by atoms with Crippen molar-refractivity contribution in [1.29, 1.82) is 0 Å². The van der Waals surface area contributed by atoms with Gasteiger partial charge >= 0.3 is 5.69 Å². The normalized spacial score (nSPS) is 12.6. The van der Waals surface area contributed by atoms with Gasteiger partial charge in [0.25, 0.3) is 5.56 Å². The van der Waals surface area contributed by atoms with Crippen LogP contribution in [0, 0.1) is 0 Å². The first-order valence-corrected chi connectivity index (χ1v) is 9.28. The Kier molecular flexibility index (Phi) is 5.06. The maximum Gasteiger partial charge on any atom is 0.328 e. The number of halogens is 1. The first kappa shape index (κ1) is 17.8. The van der Waals surface area contributed by atoms with Crippen molar-refractivity contribution in [2.75, 3.05) is 0 Å². The second-order valence-corrected chi connectivity index (χ2v) is 7.74. The summed E-state index contributed by atoms with van der Waals surface area (Å²) in [7, 11) is 1.64. The van der Waals surface area contributed by atoms with Gasteiger partial charge in [0.05, 0.1) is 6.54 Å². The van der Waals surface area contributed by atoms with E-state index in [9.17, 15) is 9.59 Å². The SMILES string of the molecule is CCC(C)Sc1nn(Cc2ccccc2Cl)c2c(=O)[nH]c(=O)n(C)c12. The van der Waals surface area contributed by atoms with Crippen LogP contribution in [0.15, 0.2) is 38.9 Å². The monoisotopic (exact) mass is 378 g/mol. The molecule has 1 aromatic carbocycles. The lowest BCUT2D eigenvalue weighted by Crippen LogP contribution is -2.29. The molecule has 0 fully saturated rings. The van der Waals surface area contributed by atoms with Crippen molar-refractivity contribution < 1.29 is 0 Å². The van der Waals surface area contributed by atoms with Crippen LogP contribution in [0.3, 0.4) is 0 Å². The molecule has 1 atom stereocenters. The third-order valence-electron chi connectivity index (χ3n) is 4.14. The molecule has 0 saturated heterocycles. The Balaban J connectivity index is 2.22. The molecule has 3 rings (SSSR count). The zero-order chi connectivity index (χ0) is 18.1. The molecule has 8 heteroatoms. The number of aryl methyl sites for hydroxylation is 1. The van der Waals surface area contributed by atoms with Crippen LogP contribution in [0.4, 0.5) is 0 Å². The maximum atomic E-state index is 12.4. The van der Waals surface area contributed by atoms with E-state index < -0.39 is 11.2 Å².